The normalized spacial score (nSPS) is 11.6. The summed E-state index contributed by atoms with van der Waals surface area (Å²) in [7, 11) is -3.65. The molecule has 0 bridgehead atoms. The molecule has 0 atom stereocenters. The third kappa shape index (κ3) is 3.53. The largest absolute Gasteiger partial charge is 0.268 e. The zero-order valence-electron chi connectivity index (χ0n) is 14.2. The first-order valence-electron chi connectivity index (χ1n) is 8.23. The van der Waals surface area contributed by atoms with Gasteiger partial charge in [-0.2, -0.15) is 0 Å². The van der Waals surface area contributed by atoms with Crippen molar-refractivity contribution in [2.75, 3.05) is 0 Å². The molecule has 1 heterocycles. The molecule has 0 amide bonds. The van der Waals surface area contributed by atoms with E-state index in [1.807, 2.05) is 55.5 Å². The summed E-state index contributed by atoms with van der Waals surface area (Å²) < 4.78 is 29.3. The van der Waals surface area contributed by atoms with Gasteiger partial charge >= 0.3 is 0 Å². The summed E-state index contributed by atoms with van der Waals surface area (Å²) in [4.78, 5) is 0.319. The van der Waals surface area contributed by atoms with Gasteiger partial charge in [0.25, 0.3) is 10.0 Å². The van der Waals surface area contributed by atoms with Crippen molar-refractivity contribution in [3.8, 4) is 11.3 Å². The van der Waals surface area contributed by atoms with E-state index in [1.165, 1.54) is 3.97 Å². The third-order valence-electron chi connectivity index (χ3n) is 4.10. The summed E-state index contributed by atoms with van der Waals surface area (Å²) in [6, 6.07) is 18.7. The molecule has 0 saturated carbocycles. The second-order valence-corrected chi connectivity index (χ2v) is 8.98. The Morgan fingerprint density at radius 1 is 1.00 bits per heavy atom. The Morgan fingerprint density at radius 2 is 1.64 bits per heavy atom. The Morgan fingerprint density at radius 3 is 2.24 bits per heavy atom. The van der Waals surface area contributed by atoms with Crippen LogP contribution in [0.5, 0.6) is 0 Å². The molecule has 130 valence electrons. The molecule has 0 aliphatic carbocycles. The maximum atomic E-state index is 13.4. The minimum Gasteiger partial charge on any atom is -0.237 e. The Balaban J connectivity index is 2.28. The van der Waals surface area contributed by atoms with Gasteiger partial charge in [0.15, 0.2) is 0 Å². The summed E-state index contributed by atoms with van der Waals surface area (Å²) >= 11 is 2.23. The summed E-state index contributed by atoms with van der Waals surface area (Å²) in [5, 5.41) is 0. The number of halogens is 1. The van der Waals surface area contributed by atoms with E-state index in [0.29, 0.717) is 11.3 Å². The van der Waals surface area contributed by atoms with Crippen molar-refractivity contribution >= 4 is 32.6 Å². The highest BCUT2D eigenvalue weighted by molar-refractivity contribution is 14.1. The highest BCUT2D eigenvalue weighted by Crippen LogP contribution is 2.33. The first-order valence-corrected chi connectivity index (χ1v) is 10.7. The molecular weight excluding hydrogens is 445 g/mol. The number of hydrogen-bond acceptors (Lipinski definition) is 2. The fraction of sp³-hybridized carbons (Fsp3) is 0.200. The standard InChI is InChI=1S/C20H20INO2S/c1-3-7-17-14-19(21)20(16-8-5-4-6-9-16)22(17)25(23,24)18-12-10-15(2)11-13-18/h4-6,8-14H,3,7H2,1-2H3. The van der Waals surface area contributed by atoms with Gasteiger partial charge in [-0.25, -0.2) is 12.4 Å². The van der Waals surface area contributed by atoms with Crippen LogP contribution in [0.25, 0.3) is 11.3 Å². The van der Waals surface area contributed by atoms with Crippen molar-refractivity contribution in [2.45, 2.75) is 31.6 Å². The Kier molecular flexibility index (Phi) is 5.34. The molecule has 2 aromatic carbocycles. The Labute approximate surface area is 162 Å². The fourth-order valence-corrected chi connectivity index (χ4v) is 5.55. The van der Waals surface area contributed by atoms with Gasteiger partial charge in [0.1, 0.15) is 0 Å². The fourth-order valence-electron chi connectivity index (χ4n) is 2.89. The van der Waals surface area contributed by atoms with Crippen LogP contribution in [-0.4, -0.2) is 12.4 Å². The van der Waals surface area contributed by atoms with Crippen LogP contribution in [0.15, 0.2) is 65.6 Å². The highest BCUT2D eigenvalue weighted by Gasteiger charge is 2.26. The molecule has 0 spiro atoms. The summed E-state index contributed by atoms with van der Waals surface area (Å²) in [6.07, 6.45) is 1.60. The highest BCUT2D eigenvalue weighted by atomic mass is 127. The Hall–Kier alpha value is -1.60. The van der Waals surface area contributed by atoms with Gasteiger partial charge in [-0.05, 0) is 54.1 Å². The zero-order valence-corrected chi connectivity index (χ0v) is 17.2. The van der Waals surface area contributed by atoms with Crippen molar-refractivity contribution in [3.63, 3.8) is 0 Å². The molecule has 0 aliphatic heterocycles. The van der Waals surface area contributed by atoms with Crippen molar-refractivity contribution in [1.29, 1.82) is 0 Å². The molecule has 3 aromatic rings. The van der Waals surface area contributed by atoms with E-state index < -0.39 is 10.0 Å². The van der Waals surface area contributed by atoms with Crippen LogP contribution < -0.4 is 0 Å². The van der Waals surface area contributed by atoms with Gasteiger partial charge < -0.3 is 0 Å². The summed E-state index contributed by atoms with van der Waals surface area (Å²) in [6.45, 7) is 4.01. The first kappa shape index (κ1) is 18.2. The number of rotatable bonds is 5. The molecule has 25 heavy (non-hydrogen) atoms. The van der Waals surface area contributed by atoms with E-state index in [2.05, 4.69) is 29.5 Å². The lowest BCUT2D eigenvalue weighted by atomic mass is 10.2. The number of aromatic nitrogens is 1. The van der Waals surface area contributed by atoms with Crippen LogP contribution in [0.2, 0.25) is 0 Å². The van der Waals surface area contributed by atoms with Crippen molar-refractivity contribution in [1.82, 2.24) is 3.97 Å². The predicted octanol–water partition coefficient (Wildman–Crippen LogP) is 5.26. The van der Waals surface area contributed by atoms with E-state index in [9.17, 15) is 8.42 Å². The van der Waals surface area contributed by atoms with Gasteiger partial charge in [-0.15, -0.1) is 0 Å². The van der Waals surface area contributed by atoms with Crippen LogP contribution in [0.4, 0.5) is 0 Å². The molecule has 0 fully saturated rings. The van der Waals surface area contributed by atoms with Crippen molar-refractivity contribution in [2.24, 2.45) is 0 Å². The van der Waals surface area contributed by atoms with Gasteiger partial charge in [0, 0.05) is 14.8 Å². The van der Waals surface area contributed by atoms with E-state index >= 15 is 0 Å². The maximum absolute atomic E-state index is 13.4. The van der Waals surface area contributed by atoms with E-state index in [0.717, 1.165) is 32.5 Å². The minimum atomic E-state index is -3.65. The van der Waals surface area contributed by atoms with Gasteiger partial charge in [0.2, 0.25) is 0 Å². The minimum absolute atomic E-state index is 0.319. The Bertz CT molecular complexity index is 975. The number of hydrogen-bond donors (Lipinski definition) is 0. The zero-order chi connectivity index (χ0) is 18.0. The second kappa shape index (κ2) is 7.33. The smallest absolute Gasteiger partial charge is 0.237 e. The number of benzene rings is 2. The van der Waals surface area contributed by atoms with E-state index in [1.54, 1.807) is 12.1 Å². The third-order valence-corrected chi connectivity index (χ3v) is 6.68. The van der Waals surface area contributed by atoms with E-state index in [4.69, 9.17) is 0 Å². The molecule has 0 saturated heterocycles. The van der Waals surface area contributed by atoms with Crippen LogP contribution in [0, 0.1) is 10.5 Å². The monoisotopic (exact) mass is 465 g/mol. The van der Waals surface area contributed by atoms with Gasteiger partial charge in [0.05, 0.1) is 10.6 Å². The molecule has 0 radical (unpaired) electrons. The summed E-state index contributed by atoms with van der Waals surface area (Å²) in [5.41, 5.74) is 3.51. The molecular formula is C20H20INO2S. The van der Waals surface area contributed by atoms with Crippen molar-refractivity contribution < 1.29 is 8.42 Å². The average molecular weight is 465 g/mol. The van der Waals surface area contributed by atoms with Crippen molar-refractivity contribution in [3.05, 3.63) is 75.5 Å². The first-order chi connectivity index (χ1) is 11.9. The quantitative estimate of drug-likeness (QED) is 0.483. The molecule has 5 heteroatoms. The predicted molar refractivity (Wildman–Crippen MR) is 110 cm³/mol. The van der Waals surface area contributed by atoms with E-state index in [-0.39, 0.29) is 0 Å². The van der Waals surface area contributed by atoms with Gasteiger partial charge in [-0.3, -0.25) is 0 Å². The molecule has 3 nitrogen and oxygen atoms in total. The second-order valence-electron chi connectivity index (χ2n) is 6.03. The molecule has 0 aliphatic rings. The molecule has 3 rings (SSSR count). The summed E-state index contributed by atoms with van der Waals surface area (Å²) in [5.74, 6) is 0. The number of aryl methyl sites for hydroxylation is 2. The average Bonchev–Trinajstić information content (AvgIpc) is 2.93. The topological polar surface area (TPSA) is 39.1 Å². The van der Waals surface area contributed by atoms with Crippen LogP contribution in [0.3, 0.4) is 0 Å². The number of nitrogens with zero attached hydrogens (tertiary/aromatic N) is 1. The lowest BCUT2D eigenvalue weighted by Gasteiger charge is -2.15. The molecule has 1 aromatic heterocycles. The van der Waals surface area contributed by atoms with Gasteiger partial charge in [-0.1, -0.05) is 61.4 Å². The lowest BCUT2D eigenvalue weighted by Crippen LogP contribution is -2.17. The maximum Gasteiger partial charge on any atom is 0.268 e. The van der Waals surface area contributed by atoms with Crippen LogP contribution in [0.1, 0.15) is 24.6 Å². The molecule has 0 N–H and O–H groups in total. The SMILES string of the molecule is CCCc1cc(I)c(-c2ccccc2)n1S(=O)(=O)c1ccc(C)cc1. The van der Waals surface area contributed by atoms with Crippen LogP contribution in [-0.2, 0) is 16.4 Å². The molecule has 0 unspecified atom stereocenters. The lowest BCUT2D eigenvalue weighted by molar-refractivity contribution is 0.585. The van der Waals surface area contributed by atoms with Crippen LogP contribution >= 0.6 is 22.6 Å².